The summed E-state index contributed by atoms with van der Waals surface area (Å²) >= 11 is 0. The number of amides is 1. The van der Waals surface area contributed by atoms with E-state index >= 15 is 0 Å². The number of nitrogen functional groups attached to an aromatic ring is 1. The molecule has 0 saturated heterocycles. The maximum atomic E-state index is 12.5. The lowest BCUT2D eigenvalue weighted by atomic mass is 10.0. The molecule has 1 unspecified atom stereocenters. The van der Waals surface area contributed by atoms with E-state index in [1.54, 1.807) is 6.92 Å². The summed E-state index contributed by atoms with van der Waals surface area (Å²) in [6, 6.07) is 8.04. The number of benzene rings is 1. The summed E-state index contributed by atoms with van der Waals surface area (Å²) in [5, 5.41) is 0. The lowest BCUT2D eigenvalue weighted by Crippen LogP contribution is -2.31. The number of nitrogens with zero attached hydrogens (tertiary/aromatic N) is 3. The third-order valence-corrected chi connectivity index (χ3v) is 3.69. The molecule has 0 radical (unpaired) electrons. The third kappa shape index (κ3) is 3.36. The maximum absolute atomic E-state index is 12.5. The van der Waals surface area contributed by atoms with E-state index in [-0.39, 0.29) is 23.5 Å². The predicted molar refractivity (Wildman–Crippen MR) is 87.2 cm³/mol. The Morgan fingerprint density at radius 1 is 1.36 bits per heavy atom. The predicted octanol–water partition coefficient (Wildman–Crippen LogP) is 2.16. The highest BCUT2D eigenvalue weighted by molar-refractivity contribution is 5.91. The first-order valence-corrected chi connectivity index (χ1v) is 7.18. The highest BCUT2D eigenvalue weighted by Gasteiger charge is 2.28. The van der Waals surface area contributed by atoms with E-state index in [0.717, 1.165) is 6.42 Å². The molecule has 0 spiro atoms. The summed E-state index contributed by atoms with van der Waals surface area (Å²) in [4.78, 5) is 20.7. The number of nitrogens with two attached hydrogens (primary N) is 1. The van der Waals surface area contributed by atoms with Crippen LogP contribution < -0.4 is 5.73 Å². The molecule has 0 saturated carbocycles. The van der Waals surface area contributed by atoms with Gasteiger partial charge in [0.2, 0.25) is 5.69 Å². The molecule has 1 heterocycles. The van der Waals surface area contributed by atoms with Crippen molar-refractivity contribution in [3.8, 4) is 0 Å². The van der Waals surface area contributed by atoms with Crippen LogP contribution in [0.25, 0.3) is 0 Å². The minimum absolute atomic E-state index is 0.0738. The van der Waals surface area contributed by atoms with E-state index in [4.69, 9.17) is 5.73 Å². The highest BCUT2D eigenvalue weighted by Crippen LogP contribution is 2.13. The van der Waals surface area contributed by atoms with Gasteiger partial charge in [-0.25, -0.2) is 14.8 Å². The van der Waals surface area contributed by atoms with Crippen molar-refractivity contribution in [1.82, 2.24) is 9.97 Å². The van der Waals surface area contributed by atoms with Crippen molar-refractivity contribution in [1.29, 1.82) is 0 Å². The van der Waals surface area contributed by atoms with Gasteiger partial charge in [0.15, 0.2) is 11.9 Å². The van der Waals surface area contributed by atoms with Gasteiger partial charge in [-0.2, -0.15) is 4.58 Å². The molecule has 2 rings (SSSR count). The van der Waals surface area contributed by atoms with E-state index < -0.39 is 0 Å². The third-order valence-electron chi connectivity index (χ3n) is 3.69. The number of carbonyl (C=O) groups excluding carboxylic acids is 1. The van der Waals surface area contributed by atoms with Crippen LogP contribution in [0.3, 0.4) is 0 Å². The molecule has 1 amide bonds. The summed E-state index contributed by atoms with van der Waals surface area (Å²) in [5.74, 6) is -0.179. The molecule has 114 valence electrons. The summed E-state index contributed by atoms with van der Waals surface area (Å²) in [6.07, 6.45) is 2.26. The lowest BCUT2D eigenvalue weighted by molar-refractivity contribution is -0.459. The van der Waals surface area contributed by atoms with Crippen molar-refractivity contribution in [3.63, 3.8) is 0 Å². The lowest BCUT2D eigenvalue weighted by Gasteiger charge is -2.11. The summed E-state index contributed by atoms with van der Waals surface area (Å²) in [6.45, 7) is 9.65. The summed E-state index contributed by atoms with van der Waals surface area (Å²) < 4.78 is 1.42. The minimum atomic E-state index is -0.310. The zero-order valence-corrected chi connectivity index (χ0v) is 13.2. The molecule has 1 atom stereocenters. The monoisotopic (exact) mass is 297 g/mol. The Balaban J connectivity index is 2.18. The largest absolute Gasteiger partial charge is 0.441 e. The average molecular weight is 297 g/mol. The van der Waals surface area contributed by atoms with Crippen LogP contribution in [0.15, 0.2) is 30.5 Å². The van der Waals surface area contributed by atoms with Gasteiger partial charge in [0.1, 0.15) is 6.72 Å². The van der Waals surface area contributed by atoms with E-state index in [9.17, 15) is 4.79 Å². The van der Waals surface area contributed by atoms with Crippen molar-refractivity contribution >= 4 is 18.4 Å². The van der Waals surface area contributed by atoms with E-state index in [0.29, 0.717) is 5.69 Å². The van der Waals surface area contributed by atoms with E-state index in [1.807, 2.05) is 19.1 Å². The normalized spacial score (nSPS) is 12.0. The number of hydrogen-bond donors (Lipinski definition) is 1. The molecule has 1 aromatic heterocycles. The Labute approximate surface area is 130 Å². The van der Waals surface area contributed by atoms with Gasteiger partial charge in [0, 0.05) is 6.42 Å². The van der Waals surface area contributed by atoms with E-state index in [1.165, 1.54) is 21.9 Å². The molecule has 2 aromatic rings. The second-order valence-electron chi connectivity index (χ2n) is 5.50. The van der Waals surface area contributed by atoms with Crippen LogP contribution in [0.5, 0.6) is 0 Å². The molecule has 0 fully saturated rings. The molecule has 5 nitrogen and oxygen atoms in total. The number of anilines is 1. The number of aromatic nitrogens is 2. The fraction of sp³-hybridized carbons (Fsp3) is 0.294. The van der Waals surface area contributed by atoms with Crippen LogP contribution in [0.4, 0.5) is 5.82 Å². The maximum Gasteiger partial charge on any atom is 0.441 e. The molecule has 0 aliphatic heterocycles. The first-order chi connectivity index (χ1) is 10.4. The van der Waals surface area contributed by atoms with Crippen LogP contribution >= 0.6 is 0 Å². The Hall–Kier alpha value is -2.56. The molecule has 2 N–H and O–H groups in total. The zero-order chi connectivity index (χ0) is 16.3. The van der Waals surface area contributed by atoms with Crippen LogP contribution in [-0.2, 0) is 6.42 Å². The number of hydrogen-bond acceptors (Lipinski definition) is 4. The first-order valence-electron chi connectivity index (χ1n) is 7.18. The Morgan fingerprint density at radius 3 is 2.73 bits per heavy atom. The van der Waals surface area contributed by atoms with Crippen LogP contribution in [0.2, 0.25) is 0 Å². The number of rotatable bonds is 4. The first kappa shape index (κ1) is 15.8. The summed E-state index contributed by atoms with van der Waals surface area (Å²) in [5.41, 5.74) is 8.96. The molecule has 0 bridgehead atoms. The van der Waals surface area contributed by atoms with Gasteiger partial charge in [-0.3, -0.25) is 0 Å². The van der Waals surface area contributed by atoms with Gasteiger partial charge in [-0.05, 0) is 31.9 Å². The second kappa shape index (κ2) is 6.47. The molecular weight excluding hydrogens is 276 g/mol. The van der Waals surface area contributed by atoms with Gasteiger partial charge >= 0.3 is 5.91 Å². The van der Waals surface area contributed by atoms with E-state index in [2.05, 4.69) is 35.7 Å². The van der Waals surface area contributed by atoms with Crippen LogP contribution in [-0.4, -0.2) is 33.2 Å². The van der Waals surface area contributed by atoms with Crippen molar-refractivity contribution in [2.45, 2.75) is 33.2 Å². The molecule has 0 aliphatic carbocycles. The van der Waals surface area contributed by atoms with Crippen LogP contribution in [0.1, 0.15) is 34.2 Å². The average Bonchev–Trinajstić information content (AvgIpc) is 2.50. The van der Waals surface area contributed by atoms with Gasteiger partial charge in [0.25, 0.3) is 0 Å². The van der Waals surface area contributed by atoms with Crippen LogP contribution in [0, 0.1) is 13.8 Å². The fourth-order valence-electron chi connectivity index (χ4n) is 2.25. The quantitative estimate of drug-likeness (QED) is 0.693. The second-order valence-corrected chi connectivity index (χ2v) is 5.50. The zero-order valence-electron chi connectivity index (χ0n) is 13.2. The molecular formula is C17H21N4O+. The van der Waals surface area contributed by atoms with Gasteiger partial charge in [-0.1, -0.05) is 24.3 Å². The van der Waals surface area contributed by atoms with Gasteiger partial charge < -0.3 is 5.73 Å². The topological polar surface area (TPSA) is 71.9 Å². The Bertz CT molecular complexity index is 724. The van der Waals surface area contributed by atoms with Gasteiger partial charge in [0.05, 0.1) is 11.9 Å². The molecule has 5 heteroatoms. The van der Waals surface area contributed by atoms with Crippen molar-refractivity contribution in [3.05, 3.63) is 53.0 Å². The highest BCUT2D eigenvalue weighted by atomic mass is 16.2. The van der Waals surface area contributed by atoms with Crippen molar-refractivity contribution < 1.29 is 9.37 Å². The summed E-state index contributed by atoms with van der Waals surface area (Å²) in [7, 11) is 0. The minimum Gasteiger partial charge on any atom is -0.382 e. The van der Waals surface area contributed by atoms with Crippen molar-refractivity contribution in [2.24, 2.45) is 0 Å². The Kier molecular flexibility index (Phi) is 4.65. The van der Waals surface area contributed by atoms with Crippen molar-refractivity contribution in [2.75, 3.05) is 5.73 Å². The molecule has 0 aliphatic rings. The van der Waals surface area contributed by atoms with Gasteiger partial charge in [-0.15, -0.1) is 0 Å². The smallest absolute Gasteiger partial charge is 0.382 e. The Morgan fingerprint density at radius 2 is 2.05 bits per heavy atom. The fourth-order valence-corrected chi connectivity index (χ4v) is 2.25. The number of carbonyl (C=O) groups is 1. The molecule has 1 aromatic carbocycles. The SMILES string of the molecule is C=[N+](C(=O)c1nc(C)cnc1N)C(C)Cc1ccccc1C. The number of aryl methyl sites for hydroxylation is 2. The molecule has 22 heavy (non-hydrogen) atoms. The standard InChI is InChI=1S/C17H20N4O/c1-11-7-5-6-8-14(11)9-13(3)21(4)17(22)15-16(18)19-10-12(2)20-15/h5-8,10,13H,4,9H2,1-3H3,(H-,18,19,22)/p+1.